The number of benzene rings is 1. The first-order valence-electron chi connectivity index (χ1n) is 6.28. The van der Waals surface area contributed by atoms with E-state index < -0.39 is 0 Å². The van der Waals surface area contributed by atoms with E-state index in [1.165, 1.54) is 0 Å². The zero-order valence-electron chi connectivity index (χ0n) is 10.8. The fourth-order valence-electron chi connectivity index (χ4n) is 2.22. The second-order valence-electron chi connectivity index (χ2n) is 4.48. The van der Waals surface area contributed by atoms with Gasteiger partial charge in [0, 0.05) is 17.3 Å². The lowest BCUT2D eigenvalue weighted by Crippen LogP contribution is -1.97. The molecule has 0 fully saturated rings. The summed E-state index contributed by atoms with van der Waals surface area (Å²) in [5.74, 6) is 1.54. The molecule has 0 saturated carbocycles. The highest BCUT2D eigenvalue weighted by molar-refractivity contribution is 5.58. The summed E-state index contributed by atoms with van der Waals surface area (Å²) in [7, 11) is 0. The van der Waals surface area contributed by atoms with Crippen LogP contribution >= 0.6 is 0 Å². The van der Waals surface area contributed by atoms with Crippen LogP contribution in [0.15, 0.2) is 43.1 Å². The van der Waals surface area contributed by atoms with E-state index in [4.69, 9.17) is 9.47 Å². The topological polar surface area (TPSA) is 31.4 Å². The Bertz CT molecular complexity index is 608. The molecule has 0 radical (unpaired) electrons. The fourth-order valence-corrected chi connectivity index (χ4v) is 2.22. The van der Waals surface area contributed by atoms with Crippen LogP contribution in [0.5, 0.6) is 11.5 Å². The SMILES string of the molecule is C=Cc1ncc2c(c1Oc1ccccc1)COC2C. The maximum atomic E-state index is 5.98. The van der Waals surface area contributed by atoms with E-state index in [1.807, 2.05) is 43.5 Å². The number of nitrogens with zero attached hydrogens (tertiary/aromatic N) is 1. The van der Waals surface area contributed by atoms with Crippen molar-refractivity contribution in [2.75, 3.05) is 0 Å². The van der Waals surface area contributed by atoms with Crippen molar-refractivity contribution < 1.29 is 9.47 Å². The minimum Gasteiger partial charge on any atom is -0.455 e. The summed E-state index contributed by atoms with van der Waals surface area (Å²) in [6.45, 7) is 6.37. The number of rotatable bonds is 3. The van der Waals surface area contributed by atoms with E-state index in [0.29, 0.717) is 6.61 Å². The third-order valence-electron chi connectivity index (χ3n) is 3.27. The van der Waals surface area contributed by atoms with Crippen LogP contribution in [-0.4, -0.2) is 4.98 Å². The minimum atomic E-state index is 0.0690. The Morgan fingerprint density at radius 3 is 2.89 bits per heavy atom. The van der Waals surface area contributed by atoms with E-state index in [9.17, 15) is 0 Å². The van der Waals surface area contributed by atoms with Gasteiger partial charge in [-0.05, 0) is 25.1 Å². The van der Waals surface area contributed by atoms with Crippen molar-refractivity contribution in [3.8, 4) is 11.5 Å². The molecular weight excluding hydrogens is 238 g/mol. The molecule has 1 aromatic carbocycles. The zero-order chi connectivity index (χ0) is 13.2. The van der Waals surface area contributed by atoms with Gasteiger partial charge in [-0.2, -0.15) is 0 Å². The Hall–Kier alpha value is -2.13. The second kappa shape index (κ2) is 4.86. The smallest absolute Gasteiger partial charge is 0.158 e. The Balaban J connectivity index is 2.06. The van der Waals surface area contributed by atoms with Crippen molar-refractivity contribution >= 4 is 6.08 Å². The molecule has 96 valence electrons. The van der Waals surface area contributed by atoms with Gasteiger partial charge < -0.3 is 9.47 Å². The number of ether oxygens (including phenoxy) is 2. The van der Waals surface area contributed by atoms with Crippen LogP contribution in [0, 0.1) is 0 Å². The van der Waals surface area contributed by atoms with Crippen molar-refractivity contribution in [3.05, 3.63) is 59.9 Å². The third-order valence-corrected chi connectivity index (χ3v) is 3.27. The van der Waals surface area contributed by atoms with Gasteiger partial charge in [-0.3, -0.25) is 4.98 Å². The van der Waals surface area contributed by atoms with Gasteiger partial charge in [0.2, 0.25) is 0 Å². The third kappa shape index (κ3) is 2.13. The van der Waals surface area contributed by atoms with Crippen molar-refractivity contribution in [2.24, 2.45) is 0 Å². The van der Waals surface area contributed by atoms with Crippen molar-refractivity contribution in [3.63, 3.8) is 0 Å². The van der Waals surface area contributed by atoms with E-state index in [0.717, 1.165) is 28.3 Å². The molecule has 1 aromatic heterocycles. The molecule has 19 heavy (non-hydrogen) atoms. The Labute approximate surface area is 112 Å². The second-order valence-corrected chi connectivity index (χ2v) is 4.48. The molecule has 3 rings (SSSR count). The lowest BCUT2D eigenvalue weighted by molar-refractivity contribution is 0.0791. The van der Waals surface area contributed by atoms with E-state index in [1.54, 1.807) is 6.08 Å². The van der Waals surface area contributed by atoms with Crippen molar-refractivity contribution in [1.82, 2.24) is 4.98 Å². The zero-order valence-corrected chi connectivity index (χ0v) is 10.8. The molecule has 0 amide bonds. The van der Waals surface area contributed by atoms with Gasteiger partial charge in [0.05, 0.1) is 12.7 Å². The van der Waals surface area contributed by atoms with Crippen LogP contribution in [0.2, 0.25) is 0 Å². The molecular formula is C16H15NO2. The monoisotopic (exact) mass is 253 g/mol. The summed E-state index contributed by atoms with van der Waals surface area (Å²) >= 11 is 0. The number of para-hydroxylation sites is 1. The summed E-state index contributed by atoms with van der Waals surface area (Å²) in [4.78, 5) is 4.39. The minimum absolute atomic E-state index is 0.0690. The molecule has 1 aliphatic rings. The molecule has 0 N–H and O–H groups in total. The summed E-state index contributed by atoms with van der Waals surface area (Å²) in [5.41, 5.74) is 2.91. The quantitative estimate of drug-likeness (QED) is 0.825. The van der Waals surface area contributed by atoms with Crippen LogP contribution < -0.4 is 4.74 Å². The molecule has 1 atom stereocenters. The lowest BCUT2D eigenvalue weighted by Gasteiger charge is -2.12. The standard InChI is InChI=1S/C16H15NO2/c1-3-15-16(19-12-7-5-4-6-8-12)14-10-18-11(2)13(14)9-17-15/h3-9,11H,1,10H2,2H3. The maximum Gasteiger partial charge on any atom is 0.158 e. The fraction of sp³-hybridized carbons (Fsp3) is 0.188. The van der Waals surface area contributed by atoms with Crippen molar-refractivity contribution in [2.45, 2.75) is 19.6 Å². The summed E-state index contributed by atoms with van der Waals surface area (Å²) < 4.78 is 11.6. The van der Waals surface area contributed by atoms with Crippen LogP contribution in [-0.2, 0) is 11.3 Å². The molecule has 0 spiro atoms. The highest BCUT2D eigenvalue weighted by Crippen LogP contribution is 2.39. The molecule has 1 unspecified atom stereocenters. The number of aromatic nitrogens is 1. The van der Waals surface area contributed by atoms with Crippen LogP contribution in [0.1, 0.15) is 29.8 Å². The van der Waals surface area contributed by atoms with Gasteiger partial charge in [0.15, 0.2) is 5.75 Å². The molecule has 0 saturated heterocycles. The number of fused-ring (bicyclic) bond motifs is 1. The average molecular weight is 253 g/mol. The average Bonchev–Trinajstić information content (AvgIpc) is 2.82. The first-order valence-corrected chi connectivity index (χ1v) is 6.28. The molecule has 2 aromatic rings. The van der Waals surface area contributed by atoms with Crippen LogP contribution in [0.4, 0.5) is 0 Å². The highest BCUT2D eigenvalue weighted by atomic mass is 16.5. The van der Waals surface area contributed by atoms with E-state index in [-0.39, 0.29) is 6.10 Å². The normalized spacial score (nSPS) is 17.0. The molecule has 0 bridgehead atoms. The van der Waals surface area contributed by atoms with Gasteiger partial charge in [-0.15, -0.1) is 0 Å². The van der Waals surface area contributed by atoms with E-state index >= 15 is 0 Å². The number of hydrogen-bond donors (Lipinski definition) is 0. The lowest BCUT2D eigenvalue weighted by atomic mass is 10.1. The molecule has 3 nitrogen and oxygen atoms in total. The summed E-state index contributed by atoms with van der Waals surface area (Å²) in [5, 5.41) is 0. The number of hydrogen-bond acceptors (Lipinski definition) is 3. The van der Waals surface area contributed by atoms with E-state index in [2.05, 4.69) is 11.6 Å². The highest BCUT2D eigenvalue weighted by Gasteiger charge is 2.25. The Morgan fingerprint density at radius 2 is 2.16 bits per heavy atom. The molecule has 1 aliphatic heterocycles. The van der Waals surface area contributed by atoms with Crippen LogP contribution in [0.25, 0.3) is 6.08 Å². The molecule has 2 heterocycles. The summed E-state index contributed by atoms with van der Waals surface area (Å²) in [6, 6.07) is 9.69. The predicted molar refractivity (Wildman–Crippen MR) is 74.0 cm³/mol. The van der Waals surface area contributed by atoms with Gasteiger partial charge >= 0.3 is 0 Å². The Kier molecular flexibility index (Phi) is 3.05. The van der Waals surface area contributed by atoms with Gasteiger partial charge in [-0.25, -0.2) is 0 Å². The predicted octanol–water partition coefficient (Wildman–Crippen LogP) is 4.11. The van der Waals surface area contributed by atoms with Gasteiger partial charge in [0.1, 0.15) is 11.4 Å². The largest absolute Gasteiger partial charge is 0.455 e. The van der Waals surface area contributed by atoms with Gasteiger partial charge in [0.25, 0.3) is 0 Å². The van der Waals surface area contributed by atoms with Crippen molar-refractivity contribution in [1.29, 1.82) is 0 Å². The Morgan fingerprint density at radius 1 is 1.37 bits per heavy atom. The van der Waals surface area contributed by atoms with Gasteiger partial charge in [-0.1, -0.05) is 24.8 Å². The van der Waals surface area contributed by atoms with Crippen LogP contribution in [0.3, 0.4) is 0 Å². The maximum absolute atomic E-state index is 5.98. The summed E-state index contributed by atoms with van der Waals surface area (Å²) in [6.07, 6.45) is 3.63. The first kappa shape index (κ1) is 11.9. The number of pyridine rings is 1. The molecule has 3 heteroatoms. The molecule has 0 aliphatic carbocycles. The first-order chi connectivity index (χ1) is 9.29.